The first-order chi connectivity index (χ1) is 7.29. The van der Waals surface area contributed by atoms with Gasteiger partial charge in [-0.3, -0.25) is 10.9 Å². The Morgan fingerprint density at radius 3 is 3.07 bits per heavy atom. The number of hydrogen-bond acceptors (Lipinski definition) is 6. The van der Waals surface area contributed by atoms with Gasteiger partial charge in [0.2, 0.25) is 0 Å². The van der Waals surface area contributed by atoms with E-state index in [1.54, 1.807) is 11.3 Å². The Morgan fingerprint density at radius 1 is 1.67 bits per heavy atom. The quantitative estimate of drug-likeness (QED) is 0.513. The predicted molar refractivity (Wildman–Crippen MR) is 57.0 cm³/mol. The average molecular weight is 224 g/mol. The monoisotopic (exact) mass is 224 g/mol. The first kappa shape index (κ1) is 10.2. The van der Waals surface area contributed by atoms with Crippen LogP contribution in [0.25, 0.3) is 0 Å². The molecule has 0 saturated heterocycles. The zero-order valence-corrected chi connectivity index (χ0v) is 9.08. The van der Waals surface area contributed by atoms with E-state index in [2.05, 4.69) is 25.6 Å². The fourth-order valence-electron chi connectivity index (χ4n) is 1.33. The maximum Gasteiger partial charge on any atom is 0.143 e. The first-order valence-corrected chi connectivity index (χ1v) is 5.40. The highest BCUT2D eigenvalue weighted by Gasteiger charge is 2.14. The van der Waals surface area contributed by atoms with Gasteiger partial charge in [-0.2, -0.15) is 5.10 Å². The summed E-state index contributed by atoms with van der Waals surface area (Å²) in [7, 11) is 0. The van der Waals surface area contributed by atoms with E-state index in [-0.39, 0.29) is 6.04 Å². The highest BCUT2D eigenvalue weighted by molar-refractivity contribution is 7.09. The van der Waals surface area contributed by atoms with Gasteiger partial charge in [0.1, 0.15) is 12.2 Å². The lowest BCUT2D eigenvalue weighted by Gasteiger charge is -2.10. The van der Waals surface area contributed by atoms with Crippen molar-refractivity contribution in [3.63, 3.8) is 0 Å². The van der Waals surface area contributed by atoms with Gasteiger partial charge in [0.25, 0.3) is 0 Å². The van der Waals surface area contributed by atoms with Gasteiger partial charge >= 0.3 is 0 Å². The summed E-state index contributed by atoms with van der Waals surface area (Å²) in [5.74, 6) is 6.18. The molecule has 1 atom stereocenters. The molecular weight excluding hydrogens is 212 g/mol. The van der Waals surface area contributed by atoms with Crippen LogP contribution in [-0.2, 0) is 6.42 Å². The standard InChI is InChI=1S/C8H12N6S/c1-5-12-6(3-15-5)2-7(13-9)8-10-4-11-14-8/h3-4,7,13H,2,9H2,1H3,(H,10,11,14). The van der Waals surface area contributed by atoms with E-state index >= 15 is 0 Å². The molecular formula is C8H12N6S. The molecule has 0 spiro atoms. The van der Waals surface area contributed by atoms with Crippen molar-refractivity contribution in [1.29, 1.82) is 0 Å². The third kappa shape index (κ3) is 2.38. The molecule has 0 amide bonds. The van der Waals surface area contributed by atoms with E-state index in [0.29, 0.717) is 6.42 Å². The molecule has 7 heteroatoms. The normalized spacial score (nSPS) is 12.9. The Hall–Kier alpha value is -1.31. The van der Waals surface area contributed by atoms with Crippen LogP contribution in [0.4, 0.5) is 0 Å². The van der Waals surface area contributed by atoms with Crippen molar-refractivity contribution < 1.29 is 0 Å². The van der Waals surface area contributed by atoms with Crippen molar-refractivity contribution >= 4 is 11.3 Å². The van der Waals surface area contributed by atoms with Crippen LogP contribution in [0.15, 0.2) is 11.7 Å². The second kappa shape index (κ2) is 4.47. The molecule has 0 saturated carbocycles. The molecule has 0 aliphatic heterocycles. The van der Waals surface area contributed by atoms with Gasteiger partial charge in [-0.25, -0.2) is 15.4 Å². The molecule has 2 aromatic heterocycles. The molecule has 1 unspecified atom stereocenters. The van der Waals surface area contributed by atoms with Crippen LogP contribution in [-0.4, -0.2) is 20.2 Å². The largest absolute Gasteiger partial charge is 0.271 e. The number of aryl methyl sites for hydroxylation is 1. The van der Waals surface area contributed by atoms with E-state index in [1.165, 1.54) is 6.33 Å². The number of aromatic nitrogens is 4. The molecule has 2 heterocycles. The van der Waals surface area contributed by atoms with Crippen molar-refractivity contribution in [2.24, 2.45) is 5.84 Å². The van der Waals surface area contributed by atoms with Crippen LogP contribution < -0.4 is 11.3 Å². The number of thiazole rings is 1. The molecule has 0 aromatic carbocycles. The minimum absolute atomic E-state index is 0.0750. The zero-order chi connectivity index (χ0) is 10.7. The van der Waals surface area contributed by atoms with Gasteiger partial charge in [0.05, 0.1) is 16.7 Å². The molecule has 0 aliphatic carbocycles. The maximum atomic E-state index is 5.46. The SMILES string of the molecule is Cc1nc(CC(NN)c2ncn[nH]2)cs1. The summed E-state index contributed by atoms with van der Waals surface area (Å²) in [6.45, 7) is 1.98. The Labute approximate surface area is 90.9 Å². The van der Waals surface area contributed by atoms with Gasteiger partial charge in [0.15, 0.2) is 0 Å². The van der Waals surface area contributed by atoms with E-state index in [9.17, 15) is 0 Å². The second-order valence-electron chi connectivity index (χ2n) is 3.15. The molecule has 0 radical (unpaired) electrons. The highest BCUT2D eigenvalue weighted by atomic mass is 32.1. The number of hydrazine groups is 1. The van der Waals surface area contributed by atoms with Gasteiger partial charge in [0, 0.05) is 11.8 Å². The summed E-state index contributed by atoms with van der Waals surface area (Å²) in [6, 6.07) is -0.0750. The summed E-state index contributed by atoms with van der Waals surface area (Å²) >= 11 is 1.63. The lowest BCUT2D eigenvalue weighted by molar-refractivity contribution is 0.520. The fourth-order valence-corrected chi connectivity index (χ4v) is 1.95. The van der Waals surface area contributed by atoms with Crippen molar-refractivity contribution in [2.75, 3.05) is 0 Å². The second-order valence-corrected chi connectivity index (χ2v) is 4.21. The first-order valence-electron chi connectivity index (χ1n) is 4.52. The number of hydrogen-bond donors (Lipinski definition) is 3. The van der Waals surface area contributed by atoms with Gasteiger partial charge < -0.3 is 0 Å². The predicted octanol–water partition coefficient (Wildman–Crippen LogP) is 0.317. The molecule has 0 aliphatic rings. The number of nitrogens with one attached hydrogen (secondary N) is 2. The Balaban J connectivity index is 2.09. The summed E-state index contributed by atoms with van der Waals surface area (Å²) in [4.78, 5) is 8.43. The van der Waals surface area contributed by atoms with Gasteiger partial charge in [-0.05, 0) is 6.92 Å². The van der Waals surface area contributed by atoms with E-state index in [1.807, 2.05) is 12.3 Å². The summed E-state index contributed by atoms with van der Waals surface area (Å²) < 4.78 is 0. The molecule has 4 N–H and O–H groups in total. The smallest absolute Gasteiger partial charge is 0.143 e. The molecule has 6 nitrogen and oxygen atoms in total. The number of H-pyrrole nitrogens is 1. The average Bonchev–Trinajstić information content (AvgIpc) is 2.85. The van der Waals surface area contributed by atoms with Gasteiger partial charge in [-0.1, -0.05) is 0 Å². The van der Waals surface area contributed by atoms with Crippen LogP contribution in [0.5, 0.6) is 0 Å². The zero-order valence-electron chi connectivity index (χ0n) is 8.27. The van der Waals surface area contributed by atoms with Crippen LogP contribution in [0.3, 0.4) is 0 Å². The van der Waals surface area contributed by atoms with Crippen molar-refractivity contribution in [3.05, 3.63) is 28.2 Å². The van der Waals surface area contributed by atoms with E-state index < -0.39 is 0 Å². The fraction of sp³-hybridized carbons (Fsp3) is 0.375. The molecule has 2 rings (SSSR count). The third-order valence-electron chi connectivity index (χ3n) is 2.04. The van der Waals surface area contributed by atoms with E-state index in [0.717, 1.165) is 16.5 Å². The summed E-state index contributed by atoms with van der Waals surface area (Å²) in [6.07, 6.45) is 2.17. The number of nitrogens with two attached hydrogens (primary N) is 1. The van der Waals surface area contributed by atoms with Crippen LogP contribution in [0.2, 0.25) is 0 Å². The Bertz CT molecular complexity index is 408. The summed E-state index contributed by atoms with van der Waals surface area (Å²) in [5, 5.41) is 9.65. The maximum absolute atomic E-state index is 5.46. The van der Waals surface area contributed by atoms with Crippen molar-refractivity contribution in [1.82, 2.24) is 25.6 Å². The molecule has 15 heavy (non-hydrogen) atoms. The van der Waals surface area contributed by atoms with Crippen molar-refractivity contribution in [2.45, 2.75) is 19.4 Å². The third-order valence-corrected chi connectivity index (χ3v) is 2.87. The number of nitrogens with zero attached hydrogens (tertiary/aromatic N) is 3. The highest BCUT2D eigenvalue weighted by Crippen LogP contribution is 2.15. The van der Waals surface area contributed by atoms with E-state index in [4.69, 9.17) is 5.84 Å². The van der Waals surface area contributed by atoms with Crippen LogP contribution in [0.1, 0.15) is 22.6 Å². The molecule has 2 aromatic rings. The lowest BCUT2D eigenvalue weighted by atomic mass is 10.2. The van der Waals surface area contributed by atoms with Gasteiger partial charge in [-0.15, -0.1) is 11.3 Å². The lowest BCUT2D eigenvalue weighted by Crippen LogP contribution is -2.30. The van der Waals surface area contributed by atoms with Crippen LogP contribution >= 0.6 is 11.3 Å². The Morgan fingerprint density at radius 2 is 2.53 bits per heavy atom. The molecule has 80 valence electrons. The minimum Gasteiger partial charge on any atom is -0.271 e. The topological polar surface area (TPSA) is 92.5 Å². The van der Waals surface area contributed by atoms with Crippen molar-refractivity contribution in [3.8, 4) is 0 Å². The van der Waals surface area contributed by atoms with Crippen LogP contribution in [0, 0.1) is 6.92 Å². The number of rotatable bonds is 4. The summed E-state index contributed by atoms with van der Waals surface area (Å²) in [5.41, 5.74) is 3.70. The molecule has 0 fully saturated rings. The number of aromatic amines is 1. The minimum atomic E-state index is -0.0750. The molecule has 0 bridgehead atoms. The Kier molecular flexibility index (Phi) is 3.05.